The maximum absolute atomic E-state index is 9.50. The van der Waals surface area contributed by atoms with Gasteiger partial charge in [-0.05, 0) is 31.5 Å². The number of aryl methyl sites for hydroxylation is 1. The van der Waals surface area contributed by atoms with E-state index in [1.54, 1.807) is 0 Å². The highest BCUT2D eigenvalue weighted by atomic mass is 16.5. The van der Waals surface area contributed by atoms with Gasteiger partial charge in [-0.2, -0.15) is 0 Å². The predicted octanol–water partition coefficient (Wildman–Crippen LogP) is 1.36. The summed E-state index contributed by atoms with van der Waals surface area (Å²) in [5.74, 6) is 0.881. The summed E-state index contributed by atoms with van der Waals surface area (Å²) in [5.41, 5.74) is 1.19. The molecule has 0 radical (unpaired) electrons. The molecule has 0 aromatic heterocycles. The molecule has 0 saturated carbocycles. The van der Waals surface area contributed by atoms with Gasteiger partial charge in [-0.15, -0.1) is 0 Å². The van der Waals surface area contributed by atoms with Crippen LogP contribution >= 0.6 is 0 Å². The Morgan fingerprint density at radius 3 is 2.94 bits per heavy atom. The van der Waals surface area contributed by atoms with Gasteiger partial charge in [0.2, 0.25) is 0 Å². The molecule has 1 atom stereocenters. The van der Waals surface area contributed by atoms with Crippen molar-refractivity contribution in [1.29, 1.82) is 0 Å². The van der Waals surface area contributed by atoms with Crippen LogP contribution in [0.4, 0.5) is 0 Å². The van der Waals surface area contributed by atoms with Gasteiger partial charge < -0.3 is 19.9 Å². The Hall–Kier alpha value is -1.10. The second kappa shape index (κ2) is 8.91. The molecule has 0 fully saturated rings. The fourth-order valence-electron chi connectivity index (χ4n) is 1.53. The fraction of sp³-hybridized carbons (Fsp3) is 0.571. The maximum Gasteiger partial charge on any atom is 0.119 e. The summed E-state index contributed by atoms with van der Waals surface area (Å²) in [7, 11) is 0. The third kappa shape index (κ3) is 6.59. The first-order valence-electron chi connectivity index (χ1n) is 6.38. The smallest absolute Gasteiger partial charge is 0.119 e. The van der Waals surface area contributed by atoms with Crippen LogP contribution < -0.4 is 10.1 Å². The Labute approximate surface area is 109 Å². The Balaban J connectivity index is 2.05. The number of rotatable bonds is 9. The second-order valence-corrected chi connectivity index (χ2v) is 4.18. The van der Waals surface area contributed by atoms with Gasteiger partial charge in [-0.1, -0.05) is 12.1 Å². The predicted molar refractivity (Wildman–Crippen MR) is 72.0 cm³/mol. The van der Waals surface area contributed by atoms with E-state index in [0.717, 1.165) is 5.75 Å². The second-order valence-electron chi connectivity index (χ2n) is 4.18. The molecule has 102 valence electrons. The first kappa shape index (κ1) is 15.0. The molecular formula is C14H23NO3. The van der Waals surface area contributed by atoms with E-state index in [-0.39, 0.29) is 0 Å². The molecule has 0 aliphatic carbocycles. The van der Waals surface area contributed by atoms with E-state index >= 15 is 0 Å². The van der Waals surface area contributed by atoms with Crippen LogP contribution in [0.2, 0.25) is 0 Å². The van der Waals surface area contributed by atoms with Gasteiger partial charge in [-0.25, -0.2) is 0 Å². The number of benzene rings is 1. The van der Waals surface area contributed by atoms with Crippen molar-refractivity contribution in [2.75, 3.05) is 32.9 Å². The highest BCUT2D eigenvalue weighted by Crippen LogP contribution is 2.11. The normalized spacial score (nSPS) is 12.4. The molecule has 0 aliphatic rings. The van der Waals surface area contributed by atoms with Crippen LogP contribution in [-0.2, 0) is 4.74 Å². The van der Waals surface area contributed by atoms with E-state index in [1.807, 2.05) is 38.1 Å². The number of aliphatic hydroxyl groups is 1. The average molecular weight is 253 g/mol. The van der Waals surface area contributed by atoms with Crippen LogP contribution in [0.5, 0.6) is 5.75 Å². The summed E-state index contributed by atoms with van der Waals surface area (Å²) in [6.45, 7) is 6.78. The van der Waals surface area contributed by atoms with Gasteiger partial charge >= 0.3 is 0 Å². The zero-order valence-corrected chi connectivity index (χ0v) is 11.2. The lowest BCUT2D eigenvalue weighted by molar-refractivity contribution is 0.0425. The molecule has 0 saturated heterocycles. The SMILES string of the molecule is CCOCC(O)CNCCOc1cccc(C)c1. The highest BCUT2D eigenvalue weighted by molar-refractivity contribution is 5.27. The monoisotopic (exact) mass is 253 g/mol. The first-order valence-corrected chi connectivity index (χ1v) is 6.38. The number of ether oxygens (including phenoxy) is 2. The molecule has 1 aromatic rings. The summed E-state index contributed by atoms with van der Waals surface area (Å²) in [4.78, 5) is 0. The molecule has 0 heterocycles. The summed E-state index contributed by atoms with van der Waals surface area (Å²) in [6, 6.07) is 7.96. The third-order valence-electron chi connectivity index (χ3n) is 2.43. The topological polar surface area (TPSA) is 50.7 Å². The van der Waals surface area contributed by atoms with E-state index in [4.69, 9.17) is 9.47 Å². The lowest BCUT2D eigenvalue weighted by Gasteiger charge is -2.12. The molecule has 1 unspecified atom stereocenters. The van der Waals surface area contributed by atoms with Gasteiger partial charge in [0.1, 0.15) is 12.4 Å². The van der Waals surface area contributed by atoms with Crippen LogP contribution in [0.3, 0.4) is 0 Å². The highest BCUT2D eigenvalue weighted by Gasteiger charge is 2.02. The van der Waals surface area contributed by atoms with Crippen molar-refractivity contribution in [3.05, 3.63) is 29.8 Å². The average Bonchev–Trinajstić information content (AvgIpc) is 2.36. The van der Waals surface area contributed by atoms with Crippen LogP contribution in [0.15, 0.2) is 24.3 Å². The zero-order valence-electron chi connectivity index (χ0n) is 11.2. The van der Waals surface area contributed by atoms with Crippen LogP contribution in [0.1, 0.15) is 12.5 Å². The number of aliphatic hydroxyl groups excluding tert-OH is 1. The van der Waals surface area contributed by atoms with Crippen molar-refractivity contribution in [1.82, 2.24) is 5.32 Å². The van der Waals surface area contributed by atoms with Gasteiger partial charge in [0, 0.05) is 19.7 Å². The molecule has 1 rings (SSSR count). The van der Waals surface area contributed by atoms with E-state index in [0.29, 0.717) is 32.9 Å². The molecule has 2 N–H and O–H groups in total. The minimum atomic E-state index is -0.455. The Bertz CT molecular complexity index is 331. The lowest BCUT2D eigenvalue weighted by Crippen LogP contribution is -2.32. The van der Waals surface area contributed by atoms with Gasteiger partial charge in [0.25, 0.3) is 0 Å². The summed E-state index contributed by atoms with van der Waals surface area (Å²) in [6.07, 6.45) is -0.455. The van der Waals surface area contributed by atoms with Gasteiger partial charge in [0.15, 0.2) is 0 Å². The molecule has 0 spiro atoms. The van der Waals surface area contributed by atoms with Crippen LogP contribution in [0.25, 0.3) is 0 Å². The molecule has 0 aliphatic heterocycles. The van der Waals surface area contributed by atoms with E-state index < -0.39 is 6.10 Å². The summed E-state index contributed by atoms with van der Waals surface area (Å²) in [5, 5.41) is 12.6. The van der Waals surface area contributed by atoms with E-state index in [1.165, 1.54) is 5.56 Å². The van der Waals surface area contributed by atoms with Crippen molar-refractivity contribution in [3.8, 4) is 5.75 Å². The molecule has 0 bridgehead atoms. The Morgan fingerprint density at radius 2 is 2.22 bits per heavy atom. The molecular weight excluding hydrogens is 230 g/mol. The van der Waals surface area contributed by atoms with Crippen molar-refractivity contribution in [3.63, 3.8) is 0 Å². The minimum Gasteiger partial charge on any atom is -0.492 e. The van der Waals surface area contributed by atoms with Crippen molar-refractivity contribution in [2.24, 2.45) is 0 Å². The maximum atomic E-state index is 9.50. The van der Waals surface area contributed by atoms with Crippen LogP contribution in [-0.4, -0.2) is 44.1 Å². The van der Waals surface area contributed by atoms with Crippen molar-refractivity contribution >= 4 is 0 Å². The largest absolute Gasteiger partial charge is 0.492 e. The number of nitrogens with one attached hydrogen (secondary N) is 1. The molecule has 0 amide bonds. The standard InChI is InChI=1S/C14H23NO3/c1-3-17-11-13(16)10-15-7-8-18-14-6-4-5-12(2)9-14/h4-6,9,13,15-16H,3,7-8,10-11H2,1-2H3. The zero-order chi connectivity index (χ0) is 13.2. The van der Waals surface area contributed by atoms with Gasteiger partial charge in [-0.3, -0.25) is 0 Å². The number of hydrogen-bond acceptors (Lipinski definition) is 4. The summed E-state index contributed by atoms with van der Waals surface area (Å²) >= 11 is 0. The quantitative estimate of drug-likeness (QED) is 0.652. The van der Waals surface area contributed by atoms with E-state index in [2.05, 4.69) is 5.32 Å². The van der Waals surface area contributed by atoms with Crippen molar-refractivity contribution < 1.29 is 14.6 Å². The molecule has 4 nitrogen and oxygen atoms in total. The molecule has 4 heteroatoms. The minimum absolute atomic E-state index is 0.377. The van der Waals surface area contributed by atoms with E-state index in [9.17, 15) is 5.11 Å². The molecule has 18 heavy (non-hydrogen) atoms. The Morgan fingerprint density at radius 1 is 1.39 bits per heavy atom. The summed E-state index contributed by atoms with van der Waals surface area (Å²) < 4.78 is 10.7. The fourth-order valence-corrected chi connectivity index (χ4v) is 1.53. The first-order chi connectivity index (χ1) is 8.72. The van der Waals surface area contributed by atoms with Crippen molar-refractivity contribution in [2.45, 2.75) is 20.0 Å². The van der Waals surface area contributed by atoms with Gasteiger partial charge in [0.05, 0.1) is 12.7 Å². The lowest BCUT2D eigenvalue weighted by atomic mass is 10.2. The van der Waals surface area contributed by atoms with Crippen LogP contribution in [0, 0.1) is 6.92 Å². The molecule has 1 aromatic carbocycles. The third-order valence-corrected chi connectivity index (χ3v) is 2.43. The Kier molecular flexibility index (Phi) is 7.41. The number of hydrogen-bond donors (Lipinski definition) is 2.